The molecule has 136 valence electrons. The number of nitro benzene ring substituents is 1. The maximum absolute atomic E-state index is 12.5. The Hall–Kier alpha value is -3.15. The summed E-state index contributed by atoms with van der Waals surface area (Å²) in [6.07, 6.45) is 3.19. The van der Waals surface area contributed by atoms with Crippen LogP contribution in [0.15, 0.2) is 54.6 Å². The lowest BCUT2D eigenvalue weighted by Crippen LogP contribution is -2.28. The molecule has 0 unspecified atom stereocenters. The van der Waals surface area contributed by atoms with Crippen molar-refractivity contribution in [1.29, 1.82) is 0 Å². The molecule has 1 amide bonds. The SMILES string of the molecule is CCOc1ccccc1/C=C/C(=O)N(C)[C@H](C)c1cccc([N+](=O)[O-])c1. The molecule has 0 spiro atoms. The van der Waals surface area contributed by atoms with Gasteiger partial charge in [-0.2, -0.15) is 0 Å². The third kappa shape index (κ3) is 4.69. The van der Waals surface area contributed by atoms with Gasteiger partial charge >= 0.3 is 0 Å². The first-order chi connectivity index (χ1) is 12.4. The van der Waals surface area contributed by atoms with Crippen LogP contribution in [0.1, 0.15) is 31.0 Å². The Morgan fingerprint density at radius 3 is 2.69 bits per heavy atom. The van der Waals surface area contributed by atoms with Crippen molar-refractivity contribution in [3.63, 3.8) is 0 Å². The fraction of sp³-hybridized carbons (Fsp3) is 0.250. The minimum Gasteiger partial charge on any atom is -0.493 e. The second-order valence-corrected chi connectivity index (χ2v) is 5.78. The standard InChI is InChI=1S/C20H22N2O4/c1-4-26-19-11-6-5-8-16(19)12-13-20(23)21(3)15(2)17-9-7-10-18(14-17)22(24)25/h5-15H,4H2,1-3H3/b13-12+/t15-/m1/s1. The zero-order valence-corrected chi connectivity index (χ0v) is 15.1. The first kappa shape index (κ1) is 19.2. The third-order valence-electron chi connectivity index (χ3n) is 4.12. The summed E-state index contributed by atoms with van der Waals surface area (Å²) in [7, 11) is 1.67. The van der Waals surface area contributed by atoms with E-state index < -0.39 is 4.92 Å². The molecule has 0 heterocycles. The maximum atomic E-state index is 12.5. The van der Waals surface area contributed by atoms with E-state index in [1.165, 1.54) is 18.2 Å². The molecule has 0 aliphatic rings. The van der Waals surface area contributed by atoms with Crippen LogP contribution in [0.4, 0.5) is 5.69 Å². The molecular weight excluding hydrogens is 332 g/mol. The minimum atomic E-state index is -0.442. The zero-order valence-electron chi connectivity index (χ0n) is 15.1. The van der Waals surface area contributed by atoms with Crippen LogP contribution >= 0.6 is 0 Å². The van der Waals surface area contributed by atoms with Crippen LogP contribution in [0, 0.1) is 10.1 Å². The number of hydrogen-bond donors (Lipinski definition) is 0. The highest BCUT2D eigenvalue weighted by atomic mass is 16.6. The van der Waals surface area contributed by atoms with E-state index in [-0.39, 0.29) is 17.6 Å². The predicted molar refractivity (Wildman–Crippen MR) is 101 cm³/mol. The van der Waals surface area contributed by atoms with Gasteiger partial charge < -0.3 is 9.64 Å². The molecule has 6 heteroatoms. The Bertz CT molecular complexity index is 817. The van der Waals surface area contributed by atoms with E-state index >= 15 is 0 Å². The summed E-state index contributed by atoms with van der Waals surface area (Å²) in [6.45, 7) is 4.28. The van der Waals surface area contributed by atoms with E-state index in [2.05, 4.69) is 0 Å². The summed E-state index contributed by atoms with van der Waals surface area (Å²) in [5.41, 5.74) is 1.54. The van der Waals surface area contributed by atoms with Crippen LogP contribution in [0.5, 0.6) is 5.75 Å². The van der Waals surface area contributed by atoms with Gasteiger partial charge in [0.2, 0.25) is 5.91 Å². The number of carbonyl (C=O) groups is 1. The van der Waals surface area contributed by atoms with Crippen LogP contribution < -0.4 is 4.74 Å². The van der Waals surface area contributed by atoms with Crippen LogP contribution in [-0.2, 0) is 4.79 Å². The average molecular weight is 354 g/mol. The molecule has 26 heavy (non-hydrogen) atoms. The first-order valence-electron chi connectivity index (χ1n) is 8.35. The Morgan fingerprint density at radius 2 is 2.00 bits per heavy atom. The number of nitrogens with zero attached hydrogens (tertiary/aromatic N) is 2. The normalized spacial score (nSPS) is 12.0. The molecular formula is C20H22N2O4. The second kappa shape index (κ2) is 8.80. The van der Waals surface area contributed by atoms with Gasteiger partial charge in [-0.1, -0.05) is 30.3 Å². The molecule has 0 N–H and O–H groups in total. The Labute approximate surface area is 152 Å². The van der Waals surface area contributed by atoms with Crippen LogP contribution in [0.2, 0.25) is 0 Å². The summed E-state index contributed by atoms with van der Waals surface area (Å²) in [5.74, 6) is 0.517. The number of benzene rings is 2. The molecule has 6 nitrogen and oxygen atoms in total. The minimum absolute atomic E-state index is 0.0105. The van der Waals surface area contributed by atoms with Crippen molar-refractivity contribution in [2.75, 3.05) is 13.7 Å². The lowest BCUT2D eigenvalue weighted by Gasteiger charge is -2.24. The summed E-state index contributed by atoms with van der Waals surface area (Å²) in [6, 6.07) is 13.5. The number of nitro groups is 1. The summed E-state index contributed by atoms with van der Waals surface area (Å²) < 4.78 is 5.54. The molecule has 0 fully saturated rings. The van der Waals surface area contributed by atoms with Gasteiger partial charge in [0.25, 0.3) is 5.69 Å². The monoisotopic (exact) mass is 354 g/mol. The molecule has 2 rings (SSSR count). The number of para-hydroxylation sites is 1. The summed E-state index contributed by atoms with van der Waals surface area (Å²) in [5, 5.41) is 10.9. The van der Waals surface area contributed by atoms with E-state index in [0.717, 1.165) is 5.56 Å². The van der Waals surface area contributed by atoms with Gasteiger partial charge in [-0.25, -0.2) is 0 Å². The Kier molecular flexibility index (Phi) is 6.49. The third-order valence-corrected chi connectivity index (χ3v) is 4.12. The fourth-order valence-corrected chi connectivity index (χ4v) is 2.50. The lowest BCUT2D eigenvalue weighted by molar-refractivity contribution is -0.384. The number of hydrogen-bond acceptors (Lipinski definition) is 4. The number of likely N-dealkylation sites (N-methyl/N-ethyl adjacent to an activating group) is 1. The molecule has 0 bridgehead atoms. The van der Waals surface area contributed by atoms with Gasteiger partial charge in [-0.3, -0.25) is 14.9 Å². The van der Waals surface area contributed by atoms with Crippen molar-refractivity contribution >= 4 is 17.7 Å². The number of ether oxygens (including phenoxy) is 1. The molecule has 0 aliphatic carbocycles. The summed E-state index contributed by atoms with van der Waals surface area (Å²) >= 11 is 0. The maximum Gasteiger partial charge on any atom is 0.269 e. The lowest BCUT2D eigenvalue weighted by atomic mass is 10.1. The molecule has 2 aromatic carbocycles. The van der Waals surface area contributed by atoms with Crippen molar-refractivity contribution in [1.82, 2.24) is 4.90 Å². The van der Waals surface area contributed by atoms with Crippen molar-refractivity contribution in [3.05, 3.63) is 75.8 Å². The Balaban J connectivity index is 2.14. The number of rotatable bonds is 7. The second-order valence-electron chi connectivity index (χ2n) is 5.78. The highest BCUT2D eigenvalue weighted by molar-refractivity contribution is 5.92. The molecule has 0 saturated heterocycles. The number of amides is 1. The largest absolute Gasteiger partial charge is 0.493 e. The Morgan fingerprint density at radius 1 is 1.27 bits per heavy atom. The quantitative estimate of drug-likeness (QED) is 0.424. The topological polar surface area (TPSA) is 72.7 Å². The smallest absolute Gasteiger partial charge is 0.269 e. The molecule has 0 radical (unpaired) electrons. The van der Waals surface area contributed by atoms with Gasteiger partial charge in [0, 0.05) is 30.8 Å². The van der Waals surface area contributed by atoms with E-state index in [1.54, 1.807) is 30.2 Å². The fourth-order valence-electron chi connectivity index (χ4n) is 2.50. The van der Waals surface area contributed by atoms with Crippen LogP contribution in [-0.4, -0.2) is 29.4 Å². The first-order valence-corrected chi connectivity index (χ1v) is 8.35. The number of carbonyl (C=O) groups excluding carboxylic acids is 1. The van der Waals surface area contributed by atoms with Crippen LogP contribution in [0.3, 0.4) is 0 Å². The molecule has 0 aromatic heterocycles. The van der Waals surface area contributed by atoms with Crippen molar-refractivity contribution in [2.45, 2.75) is 19.9 Å². The highest BCUT2D eigenvalue weighted by Gasteiger charge is 2.17. The van der Waals surface area contributed by atoms with Gasteiger partial charge in [0.1, 0.15) is 5.75 Å². The molecule has 1 atom stereocenters. The van der Waals surface area contributed by atoms with E-state index in [9.17, 15) is 14.9 Å². The van der Waals surface area contributed by atoms with Crippen molar-refractivity contribution in [3.8, 4) is 5.75 Å². The van der Waals surface area contributed by atoms with E-state index in [1.807, 2.05) is 38.1 Å². The average Bonchev–Trinajstić information content (AvgIpc) is 2.66. The van der Waals surface area contributed by atoms with Crippen molar-refractivity contribution < 1.29 is 14.5 Å². The molecule has 2 aromatic rings. The molecule has 0 aliphatic heterocycles. The van der Waals surface area contributed by atoms with Gasteiger partial charge in [-0.15, -0.1) is 0 Å². The van der Waals surface area contributed by atoms with E-state index in [4.69, 9.17) is 4.74 Å². The van der Waals surface area contributed by atoms with Crippen LogP contribution in [0.25, 0.3) is 6.08 Å². The summed E-state index contributed by atoms with van der Waals surface area (Å²) in [4.78, 5) is 24.5. The zero-order chi connectivity index (χ0) is 19.1. The van der Waals surface area contributed by atoms with E-state index in [0.29, 0.717) is 17.9 Å². The van der Waals surface area contributed by atoms with Gasteiger partial charge in [0.15, 0.2) is 0 Å². The van der Waals surface area contributed by atoms with Gasteiger partial charge in [0.05, 0.1) is 17.6 Å². The highest BCUT2D eigenvalue weighted by Crippen LogP contribution is 2.24. The predicted octanol–water partition coefficient (Wildman–Crippen LogP) is 4.23. The van der Waals surface area contributed by atoms with Gasteiger partial charge in [-0.05, 0) is 31.6 Å². The van der Waals surface area contributed by atoms with Crippen molar-refractivity contribution in [2.24, 2.45) is 0 Å². The number of non-ortho nitro benzene ring substituents is 1. The molecule has 0 saturated carbocycles.